The molecular weight excluding hydrogens is 248 g/mol. The summed E-state index contributed by atoms with van der Waals surface area (Å²) in [5.41, 5.74) is 9.07. The number of fused-ring (bicyclic) bond motifs is 1. The van der Waals surface area contributed by atoms with Gasteiger partial charge in [-0.05, 0) is 38.0 Å². The van der Waals surface area contributed by atoms with Gasteiger partial charge >= 0.3 is 0 Å². The molecule has 1 heterocycles. The molecule has 2 N–H and O–H groups in total. The van der Waals surface area contributed by atoms with Crippen LogP contribution in [0.15, 0.2) is 24.3 Å². The van der Waals surface area contributed by atoms with Crippen LogP contribution in [0, 0.1) is 6.92 Å². The molecule has 3 nitrogen and oxygen atoms in total. The van der Waals surface area contributed by atoms with Crippen molar-refractivity contribution >= 4 is 23.3 Å². The van der Waals surface area contributed by atoms with Crippen LogP contribution in [-0.4, -0.2) is 18.1 Å². The predicted molar refractivity (Wildman–Crippen MR) is 77.6 cm³/mol. The molecule has 4 heteroatoms. The number of methoxy groups -OCH3 is 1. The maximum atomic E-state index is 5.83. The van der Waals surface area contributed by atoms with E-state index in [-0.39, 0.29) is 18.4 Å². The van der Waals surface area contributed by atoms with E-state index in [1.54, 1.807) is 7.11 Å². The maximum absolute atomic E-state index is 5.83. The molecule has 98 valence electrons. The molecule has 1 aromatic carbocycles. The predicted octanol–water partition coefficient (Wildman–Crippen LogP) is 2.86. The molecule has 0 bridgehead atoms. The van der Waals surface area contributed by atoms with Crippen molar-refractivity contribution in [3.05, 3.63) is 35.4 Å². The van der Waals surface area contributed by atoms with Gasteiger partial charge < -0.3 is 10.5 Å². The summed E-state index contributed by atoms with van der Waals surface area (Å²) in [6.07, 6.45) is 0.778. The molecule has 1 atom stereocenters. The van der Waals surface area contributed by atoms with Gasteiger partial charge in [0.25, 0.3) is 0 Å². The fraction of sp³-hybridized carbons (Fsp3) is 0.357. The minimum Gasteiger partial charge on any atom is -0.481 e. The molecule has 0 spiro atoms. The highest BCUT2D eigenvalue weighted by molar-refractivity contribution is 5.85. The van der Waals surface area contributed by atoms with E-state index >= 15 is 0 Å². The van der Waals surface area contributed by atoms with Crippen molar-refractivity contribution in [2.75, 3.05) is 7.11 Å². The lowest BCUT2D eigenvalue weighted by atomic mass is 10.1. The fourth-order valence-electron chi connectivity index (χ4n) is 1.97. The van der Waals surface area contributed by atoms with Crippen LogP contribution in [0.3, 0.4) is 0 Å². The van der Waals surface area contributed by atoms with Gasteiger partial charge in [0.2, 0.25) is 5.88 Å². The summed E-state index contributed by atoms with van der Waals surface area (Å²) in [4.78, 5) is 4.53. The molecule has 0 saturated heterocycles. The number of benzene rings is 1. The van der Waals surface area contributed by atoms with E-state index in [1.165, 1.54) is 5.56 Å². The first-order chi connectivity index (χ1) is 8.10. The quantitative estimate of drug-likeness (QED) is 0.929. The molecule has 1 unspecified atom stereocenters. The number of hydrogen-bond acceptors (Lipinski definition) is 3. The number of ether oxygens (including phenoxy) is 1. The Hall–Kier alpha value is -1.32. The first kappa shape index (κ1) is 14.7. The molecule has 0 aliphatic carbocycles. The zero-order valence-corrected chi connectivity index (χ0v) is 11.8. The Bertz CT molecular complexity index is 541. The normalized spacial score (nSPS) is 12.0. The molecule has 0 aliphatic heterocycles. The fourth-order valence-corrected chi connectivity index (χ4v) is 1.97. The van der Waals surface area contributed by atoms with Crippen molar-refractivity contribution in [2.24, 2.45) is 5.73 Å². The summed E-state index contributed by atoms with van der Waals surface area (Å²) in [5.74, 6) is 0.681. The summed E-state index contributed by atoms with van der Waals surface area (Å²) in [6.45, 7) is 4.04. The molecule has 2 rings (SSSR count). The maximum Gasteiger partial charge on any atom is 0.216 e. The lowest BCUT2D eigenvalue weighted by Crippen LogP contribution is -2.18. The number of pyridine rings is 1. The Balaban J connectivity index is 0.00000162. The molecule has 0 amide bonds. The minimum atomic E-state index is 0. The van der Waals surface area contributed by atoms with E-state index in [9.17, 15) is 0 Å². The van der Waals surface area contributed by atoms with E-state index in [0.717, 1.165) is 22.9 Å². The third-order valence-corrected chi connectivity index (χ3v) is 2.75. The number of aryl methyl sites for hydroxylation is 1. The van der Waals surface area contributed by atoms with Gasteiger partial charge in [0, 0.05) is 17.0 Å². The zero-order valence-electron chi connectivity index (χ0n) is 10.9. The number of nitrogens with zero attached hydrogens (tertiary/aromatic N) is 1. The second-order valence-electron chi connectivity index (χ2n) is 4.53. The Morgan fingerprint density at radius 3 is 2.67 bits per heavy atom. The van der Waals surface area contributed by atoms with Crippen LogP contribution >= 0.6 is 12.4 Å². The van der Waals surface area contributed by atoms with Gasteiger partial charge in [-0.25, -0.2) is 4.98 Å². The number of rotatable bonds is 3. The molecule has 1 aromatic heterocycles. The molecule has 2 aromatic rings. The van der Waals surface area contributed by atoms with E-state index in [0.29, 0.717) is 5.88 Å². The van der Waals surface area contributed by atoms with Crippen LogP contribution in [-0.2, 0) is 6.42 Å². The first-order valence-corrected chi connectivity index (χ1v) is 5.80. The molecule has 0 aliphatic rings. The van der Waals surface area contributed by atoms with Gasteiger partial charge in [-0.1, -0.05) is 12.1 Å². The Labute approximate surface area is 114 Å². The number of nitrogens with two attached hydrogens (primary N) is 1. The van der Waals surface area contributed by atoms with E-state index in [1.807, 2.05) is 6.92 Å². The van der Waals surface area contributed by atoms with Crippen LogP contribution < -0.4 is 10.5 Å². The highest BCUT2D eigenvalue weighted by Crippen LogP contribution is 2.23. The van der Waals surface area contributed by atoms with Crippen LogP contribution in [0.2, 0.25) is 0 Å². The largest absolute Gasteiger partial charge is 0.481 e. The molecule has 0 saturated carbocycles. The second kappa shape index (κ2) is 6.03. The minimum absolute atomic E-state index is 0. The Morgan fingerprint density at radius 1 is 1.33 bits per heavy atom. The monoisotopic (exact) mass is 266 g/mol. The summed E-state index contributed by atoms with van der Waals surface area (Å²) < 4.78 is 5.33. The highest BCUT2D eigenvalue weighted by Gasteiger charge is 2.09. The van der Waals surface area contributed by atoms with Crippen LogP contribution in [0.1, 0.15) is 18.1 Å². The summed E-state index contributed by atoms with van der Waals surface area (Å²) in [7, 11) is 1.65. The van der Waals surface area contributed by atoms with Crippen LogP contribution in [0.4, 0.5) is 0 Å². The standard InChI is InChI=1S/C14H18N2O.ClH/c1-9-4-5-11-8-12(7-10(2)15)14(17-3)16-13(11)6-9;/h4-6,8,10H,7,15H2,1-3H3;1H. The first-order valence-electron chi connectivity index (χ1n) is 5.80. The summed E-state index contributed by atoms with van der Waals surface area (Å²) >= 11 is 0. The van der Waals surface area contributed by atoms with E-state index in [4.69, 9.17) is 10.5 Å². The van der Waals surface area contributed by atoms with Crippen molar-refractivity contribution in [2.45, 2.75) is 26.3 Å². The van der Waals surface area contributed by atoms with Crippen molar-refractivity contribution < 1.29 is 4.74 Å². The molecule has 0 radical (unpaired) electrons. The zero-order chi connectivity index (χ0) is 12.4. The van der Waals surface area contributed by atoms with Crippen molar-refractivity contribution in [1.29, 1.82) is 0 Å². The number of hydrogen-bond donors (Lipinski definition) is 1. The van der Waals surface area contributed by atoms with Gasteiger partial charge in [-0.3, -0.25) is 0 Å². The third-order valence-electron chi connectivity index (χ3n) is 2.75. The van der Waals surface area contributed by atoms with Crippen molar-refractivity contribution in [3.8, 4) is 5.88 Å². The Kier molecular flexibility index (Phi) is 4.93. The topological polar surface area (TPSA) is 48.1 Å². The third kappa shape index (κ3) is 3.12. The number of aromatic nitrogens is 1. The van der Waals surface area contributed by atoms with Crippen molar-refractivity contribution in [1.82, 2.24) is 4.98 Å². The van der Waals surface area contributed by atoms with E-state index in [2.05, 4.69) is 36.2 Å². The van der Waals surface area contributed by atoms with Gasteiger partial charge in [0.1, 0.15) is 0 Å². The van der Waals surface area contributed by atoms with Gasteiger partial charge in [-0.15, -0.1) is 12.4 Å². The van der Waals surface area contributed by atoms with Crippen LogP contribution in [0.25, 0.3) is 10.9 Å². The second-order valence-corrected chi connectivity index (χ2v) is 4.53. The van der Waals surface area contributed by atoms with E-state index < -0.39 is 0 Å². The highest BCUT2D eigenvalue weighted by atomic mass is 35.5. The average molecular weight is 267 g/mol. The average Bonchev–Trinajstić information content (AvgIpc) is 2.28. The summed E-state index contributed by atoms with van der Waals surface area (Å²) in [6, 6.07) is 8.46. The lowest BCUT2D eigenvalue weighted by molar-refractivity contribution is 0.393. The SMILES string of the molecule is COc1nc2cc(C)ccc2cc1CC(C)N.Cl. The van der Waals surface area contributed by atoms with Gasteiger partial charge in [-0.2, -0.15) is 0 Å². The lowest BCUT2D eigenvalue weighted by Gasteiger charge is -2.11. The van der Waals surface area contributed by atoms with Crippen molar-refractivity contribution in [3.63, 3.8) is 0 Å². The summed E-state index contributed by atoms with van der Waals surface area (Å²) in [5, 5.41) is 1.13. The molecule has 0 fully saturated rings. The number of halogens is 1. The Morgan fingerprint density at radius 2 is 2.06 bits per heavy atom. The molecular formula is C14H19ClN2O. The van der Waals surface area contributed by atoms with Gasteiger partial charge in [0.15, 0.2) is 0 Å². The van der Waals surface area contributed by atoms with Gasteiger partial charge in [0.05, 0.1) is 12.6 Å². The smallest absolute Gasteiger partial charge is 0.216 e. The van der Waals surface area contributed by atoms with Crippen LogP contribution in [0.5, 0.6) is 5.88 Å². The molecule has 18 heavy (non-hydrogen) atoms.